The molecule has 6 heteroatoms. The molecule has 0 aromatic heterocycles. The molecular formula is C13H23N3O3. The van der Waals surface area contributed by atoms with Crippen molar-refractivity contribution in [2.24, 2.45) is 0 Å². The number of carboxylic acid groups (broad SMARTS) is 1. The van der Waals surface area contributed by atoms with Gasteiger partial charge in [-0.15, -0.1) is 0 Å². The molecular weight excluding hydrogens is 246 g/mol. The van der Waals surface area contributed by atoms with Gasteiger partial charge in [0.2, 0.25) is 5.91 Å². The van der Waals surface area contributed by atoms with E-state index in [1.807, 2.05) is 0 Å². The highest BCUT2D eigenvalue weighted by molar-refractivity contribution is 5.86. The number of nitrogens with one attached hydrogen (secondary N) is 2. The van der Waals surface area contributed by atoms with Gasteiger partial charge in [0.05, 0.1) is 6.04 Å². The third-order valence-corrected chi connectivity index (χ3v) is 4.10. The summed E-state index contributed by atoms with van der Waals surface area (Å²) in [4.78, 5) is 25.2. The monoisotopic (exact) mass is 269 g/mol. The molecule has 2 aliphatic rings. The maximum absolute atomic E-state index is 12.2. The highest BCUT2D eigenvalue weighted by Crippen LogP contribution is 2.24. The Morgan fingerprint density at radius 3 is 2.63 bits per heavy atom. The standard InChI is InChI=1S/C13H23N3O3/c1-9(13(18)19)15-12(17)11-3-2-8-16(11)10-4-6-14-7-5-10/h9-11,14H,2-8H2,1H3,(H,15,17)(H,18,19)/t9-,11?/m1/s1. The number of rotatable bonds is 4. The number of carbonyl (C=O) groups excluding carboxylic acids is 1. The van der Waals surface area contributed by atoms with Gasteiger partial charge in [-0.3, -0.25) is 14.5 Å². The average Bonchev–Trinajstić information content (AvgIpc) is 2.88. The molecule has 2 saturated heterocycles. The van der Waals surface area contributed by atoms with Gasteiger partial charge in [-0.05, 0) is 52.2 Å². The Morgan fingerprint density at radius 2 is 2.00 bits per heavy atom. The molecule has 1 unspecified atom stereocenters. The van der Waals surface area contributed by atoms with E-state index < -0.39 is 12.0 Å². The quantitative estimate of drug-likeness (QED) is 0.658. The third-order valence-electron chi connectivity index (χ3n) is 4.10. The fourth-order valence-electron chi connectivity index (χ4n) is 3.02. The largest absolute Gasteiger partial charge is 0.480 e. The minimum atomic E-state index is -0.986. The van der Waals surface area contributed by atoms with Crippen LogP contribution in [0.15, 0.2) is 0 Å². The lowest BCUT2D eigenvalue weighted by Crippen LogP contribution is -2.53. The Bertz CT molecular complexity index is 342. The molecule has 2 heterocycles. The van der Waals surface area contributed by atoms with E-state index in [0.29, 0.717) is 6.04 Å². The summed E-state index contributed by atoms with van der Waals surface area (Å²) >= 11 is 0. The van der Waals surface area contributed by atoms with E-state index in [-0.39, 0.29) is 11.9 Å². The van der Waals surface area contributed by atoms with E-state index in [1.54, 1.807) is 0 Å². The molecule has 2 fully saturated rings. The Hall–Kier alpha value is -1.14. The Morgan fingerprint density at radius 1 is 1.32 bits per heavy atom. The molecule has 0 saturated carbocycles. The van der Waals surface area contributed by atoms with Gasteiger partial charge >= 0.3 is 5.97 Å². The average molecular weight is 269 g/mol. The van der Waals surface area contributed by atoms with Crippen LogP contribution in [0.25, 0.3) is 0 Å². The zero-order chi connectivity index (χ0) is 13.8. The normalized spacial score (nSPS) is 27.1. The topological polar surface area (TPSA) is 81.7 Å². The minimum absolute atomic E-state index is 0.133. The highest BCUT2D eigenvalue weighted by atomic mass is 16.4. The van der Waals surface area contributed by atoms with Gasteiger partial charge < -0.3 is 15.7 Å². The van der Waals surface area contributed by atoms with Crippen molar-refractivity contribution in [2.45, 2.75) is 50.7 Å². The van der Waals surface area contributed by atoms with Gasteiger partial charge in [0.15, 0.2) is 0 Å². The maximum Gasteiger partial charge on any atom is 0.325 e. The third kappa shape index (κ3) is 3.45. The number of carbonyl (C=O) groups is 2. The smallest absolute Gasteiger partial charge is 0.325 e. The molecule has 0 aliphatic carbocycles. The predicted molar refractivity (Wildman–Crippen MR) is 70.9 cm³/mol. The van der Waals surface area contributed by atoms with Crippen LogP contribution in [0, 0.1) is 0 Å². The molecule has 2 aliphatic heterocycles. The lowest BCUT2D eigenvalue weighted by Gasteiger charge is -2.35. The first kappa shape index (κ1) is 14.3. The summed E-state index contributed by atoms with van der Waals surface area (Å²) < 4.78 is 0. The number of carboxylic acids is 1. The molecule has 2 rings (SSSR count). The van der Waals surface area contributed by atoms with E-state index in [9.17, 15) is 9.59 Å². The first-order valence-corrected chi connectivity index (χ1v) is 7.09. The maximum atomic E-state index is 12.2. The molecule has 0 aromatic carbocycles. The summed E-state index contributed by atoms with van der Waals surface area (Å²) in [7, 11) is 0. The van der Waals surface area contributed by atoms with Crippen LogP contribution in [0.3, 0.4) is 0 Å². The molecule has 0 radical (unpaired) electrons. The molecule has 3 N–H and O–H groups in total. The second kappa shape index (κ2) is 6.34. The second-order valence-electron chi connectivity index (χ2n) is 5.45. The van der Waals surface area contributed by atoms with Gasteiger partial charge in [-0.2, -0.15) is 0 Å². The van der Waals surface area contributed by atoms with Gasteiger partial charge in [-0.1, -0.05) is 0 Å². The highest BCUT2D eigenvalue weighted by Gasteiger charge is 2.36. The lowest BCUT2D eigenvalue weighted by atomic mass is 10.0. The number of amides is 1. The molecule has 0 spiro atoms. The fourth-order valence-corrected chi connectivity index (χ4v) is 3.02. The molecule has 19 heavy (non-hydrogen) atoms. The number of hydrogen-bond acceptors (Lipinski definition) is 4. The summed E-state index contributed by atoms with van der Waals surface area (Å²) in [6, 6.07) is -0.507. The van der Waals surface area contributed by atoms with Crippen LogP contribution < -0.4 is 10.6 Å². The predicted octanol–water partition coefficient (Wildman–Crippen LogP) is -0.208. The van der Waals surface area contributed by atoms with Crippen molar-refractivity contribution in [2.75, 3.05) is 19.6 Å². The van der Waals surface area contributed by atoms with E-state index in [0.717, 1.165) is 45.3 Å². The van der Waals surface area contributed by atoms with Crippen LogP contribution in [0.2, 0.25) is 0 Å². The summed E-state index contributed by atoms with van der Waals surface area (Å²) in [5.41, 5.74) is 0. The Labute approximate surface area is 113 Å². The van der Waals surface area contributed by atoms with E-state index in [1.165, 1.54) is 6.92 Å². The fraction of sp³-hybridized carbons (Fsp3) is 0.846. The van der Waals surface area contributed by atoms with Crippen LogP contribution >= 0.6 is 0 Å². The van der Waals surface area contributed by atoms with Crippen LogP contribution in [-0.2, 0) is 9.59 Å². The molecule has 0 aromatic rings. The molecule has 6 nitrogen and oxygen atoms in total. The van der Waals surface area contributed by atoms with Crippen molar-refractivity contribution in [1.29, 1.82) is 0 Å². The minimum Gasteiger partial charge on any atom is -0.480 e. The first-order chi connectivity index (χ1) is 9.09. The van der Waals surface area contributed by atoms with Crippen molar-refractivity contribution < 1.29 is 14.7 Å². The van der Waals surface area contributed by atoms with Crippen molar-refractivity contribution in [1.82, 2.24) is 15.5 Å². The van der Waals surface area contributed by atoms with E-state index >= 15 is 0 Å². The zero-order valence-corrected chi connectivity index (χ0v) is 11.4. The number of nitrogens with zero attached hydrogens (tertiary/aromatic N) is 1. The van der Waals surface area contributed by atoms with Gasteiger partial charge in [0.25, 0.3) is 0 Å². The van der Waals surface area contributed by atoms with Crippen LogP contribution in [0.4, 0.5) is 0 Å². The van der Waals surface area contributed by atoms with Crippen LogP contribution in [-0.4, -0.2) is 59.6 Å². The van der Waals surface area contributed by atoms with Gasteiger partial charge in [-0.25, -0.2) is 0 Å². The number of hydrogen-bond donors (Lipinski definition) is 3. The second-order valence-corrected chi connectivity index (χ2v) is 5.45. The molecule has 2 atom stereocenters. The van der Waals surface area contributed by atoms with Crippen LogP contribution in [0.1, 0.15) is 32.6 Å². The summed E-state index contributed by atoms with van der Waals surface area (Å²) in [6.07, 6.45) is 3.99. The van der Waals surface area contributed by atoms with E-state index in [4.69, 9.17) is 5.11 Å². The number of likely N-dealkylation sites (tertiary alicyclic amines) is 1. The molecule has 1 amide bonds. The van der Waals surface area contributed by atoms with Crippen molar-refractivity contribution >= 4 is 11.9 Å². The number of aliphatic carboxylic acids is 1. The SMILES string of the molecule is C[C@@H](NC(=O)C1CCCN1C1CCNCC1)C(=O)O. The number of piperidine rings is 1. The Kier molecular flexibility index (Phi) is 4.76. The van der Waals surface area contributed by atoms with Crippen molar-refractivity contribution in [3.8, 4) is 0 Å². The van der Waals surface area contributed by atoms with E-state index in [2.05, 4.69) is 15.5 Å². The molecule has 108 valence electrons. The van der Waals surface area contributed by atoms with Gasteiger partial charge in [0.1, 0.15) is 6.04 Å². The summed E-state index contributed by atoms with van der Waals surface area (Å²) in [5, 5.41) is 14.8. The summed E-state index contributed by atoms with van der Waals surface area (Å²) in [5.74, 6) is -1.12. The first-order valence-electron chi connectivity index (χ1n) is 7.09. The zero-order valence-electron chi connectivity index (χ0n) is 11.4. The van der Waals surface area contributed by atoms with Crippen LogP contribution in [0.5, 0.6) is 0 Å². The van der Waals surface area contributed by atoms with Crippen molar-refractivity contribution in [3.05, 3.63) is 0 Å². The summed E-state index contributed by atoms with van der Waals surface area (Å²) in [6.45, 7) is 4.45. The molecule has 0 bridgehead atoms. The lowest BCUT2D eigenvalue weighted by molar-refractivity contribution is -0.142. The van der Waals surface area contributed by atoms with Gasteiger partial charge in [0, 0.05) is 6.04 Å². The Balaban J connectivity index is 1.93. The van der Waals surface area contributed by atoms with Crippen molar-refractivity contribution in [3.63, 3.8) is 0 Å².